The number of aliphatic hydroxyl groups excluding tert-OH is 1. The van der Waals surface area contributed by atoms with Gasteiger partial charge in [-0.1, -0.05) is 0 Å². The van der Waals surface area contributed by atoms with Gasteiger partial charge in [-0.05, 0) is 39.8 Å². The maximum absolute atomic E-state index is 10.2. The fraction of sp³-hybridized carbons (Fsp3) is 0.500. The van der Waals surface area contributed by atoms with Gasteiger partial charge >= 0.3 is 0 Å². The normalized spacial score (nSPS) is 12.1. The molecule has 0 saturated carbocycles. The Labute approximate surface area is 113 Å². The van der Waals surface area contributed by atoms with Crippen LogP contribution in [-0.2, 0) is 12.1 Å². The molecular formula is C14H21N3O2. The first-order valence-corrected chi connectivity index (χ1v) is 6.41. The van der Waals surface area contributed by atoms with E-state index >= 15 is 0 Å². The Balaban J connectivity index is 2.55. The van der Waals surface area contributed by atoms with Crippen molar-refractivity contribution in [3.63, 3.8) is 0 Å². The van der Waals surface area contributed by atoms with E-state index in [4.69, 9.17) is 5.11 Å². The summed E-state index contributed by atoms with van der Waals surface area (Å²) in [6.45, 7) is 7.84. The van der Waals surface area contributed by atoms with Gasteiger partial charge in [0.25, 0.3) is 0 Å². The fourth-order valence-corrected chi connectivity index (χ4v) is 2.30. The molecule has 2 heterocycles. The number of rotatable bonds is 4. The summed E-state index contributed by atoms with van der Waals surface area (Å²) in [7, 11) is 0. The molecule has 0 spiro atoms. The highest BCUT2D eigenvalue weighted by atomic mass is 16.3. The molecule has 0 fully saturated rings. The average molecular weight is 263 g/mol. The first kappa shape index (κ1) is 13.8. The lowest BCUT2D eigenvalue weighted by Gasteiger charge is -2.18. The Morgan fingerprint density at radius 1 is 1.21 bits per heavy atom. The van der Waals surface area contributed by atoms with Crippen molar-refractivity contribution < 1.29 is 10.2 Å². The summed E-state index contributed by atoms with van der Waals surface area (Å²) in [5, 5.41) is 23.8. The van der Waals surface area contributed by atoms with Crippen molar-refractivity contribution in [1.29, 1.82) is 0 Å². The van der Waals surface area contributed by atoms with Crippen LogP contribution in [0.1, 0.15) is 30.9 Å². The van der Waals surface area contributed by atoms with Crippen molar-refractivity contribution in [2.75, 3.05) is 6.61 Å². The van der Waals surface area contributed by atoms with Crippen LogP contribution in [0.25, 0.3) is 5.82 Å². The van der Waals surface area contributed by atoms with Gasteiger partial charge in [0.1, 0.15) is 5.60 Å². The molecule has 104 valence electrons. The molecule has 0 aliphatic rings. The van der Waals surface area contributed by atoms with E-state index in [1.165, 1.54) is 0 Å². The van der Waals surface area contributed by atoms with Crippen LogP contribution >= 0.6 is 0 Å². The van der Waals surface area contributed by atoms with Crippen molar-refractivity contribution in [3.05, 3.63) is 35.3 Å². The minimum absolute atomic E-state index is 0.00611. The molecule has 2 aromatic rings. The second kappa shape index (κ2) is 4.83. The van der Waals surface area contributed by atoms with Crippen LogP contribution in [0.3, 0.4) is 0 Å². The van der Waals surface area contributed by atoms with E-state index in [0.29, 0.717) is 12.2 Å². The predicted molar refractivity (Wildman–Crippen MR) is 73.4 cm³/mol. The Bertz CT molecular complexity index is 557. The standard InChI is InChI=1S/C14H21N3O2/c1-10-5-6-11(2)17(10)13-9-12(14(3,4)19)16(15-13)7-8-18/h5-6,9,18-19H,7-8H2,1-4H3. The number of aromatic nitrogens is 3. The smallest absolute Gasteiger partial charge is 0.159 e. The Morgan fingerprint density at radius 3 is 2.26 bits per heavy atom. The zero-order valence-electron chi connectivity index (χ0n) is 11.9. The second-order valence-electron chi connectivity index (χ2n) is 5.35. The largest absolute Gasteiger partial charge is 0.394 e. The number of nitrogens with zero attached hydrogens (tertiary/aromatic N) is 3. The van der Waals surface area contributed by atoms with Gasteiger partial charge in [0.05, 0.1) is 18.8 Å². The van der Waals surface area contributed by atoms with E-state index in [0.717, 1.165) is 17.2 Å². The third kappa shape index (κ3) is 2.57. The topological polar surface area (TPSA) is 63.2 Å². The lowest BCUT2D eigenvalue weighted by Crippen LogP contribution is -2.22. The van der Waals surface area contributed by atoms with Gasteiger partial charge in [-0.15, -0.1) is 0 Å². The van der Waals surface area contributed by atoms with Gasteiger partial charge < -0.3 is 14.8 Å². The molecule has 0 amide bonds. The molecule has 2 aromatic heterocycles. The van der Waals surface area contributed by atoms with E-state index < -0.39 is 5.60 Å². The second-order valence-corrected chi connectivity index (χ2v) is 5.35. The molecule has 0 atom stereocenters. The maximum Gasteiger partial charge on any atom is 0.159 e. The van der Waals surface area contributed by atoms with Crippen molar-refractivity contribution in [2.45, 2.75) is 39.8 Å². The Morgan fingerprint density at radius 2 is 1.79 bits per heavy atom. The SMILES string of the molecule is Cc1ccc(C)n1-c1cc(C(C)(C)O)n(CCO)n1. The molecule has 0 aliphatic heterocycles. The summed E-state index contributed by atoms with van der Waals surface area (Å²) in [5.74, 6) is 0.769. The quantitative estimate of drug-likeness (QED) is 0.879. The van der Waals surface area contributed by atoms with Crippen LogP contribution in [0.5, 0.6) is 0 Å². The van der Waals surface area contributed by atoms with Gasteiger partial charge in [-0.25, -0.2) is 0 Å². The molecule has 0 saturated heterocycles. The predicted octanol–water partition coefficient (Wildman–Crippen LogP) is 1.51. The number of hydrogen-bond donors (Lipinski definition) is 2. The van der Waals surface area contributed by atoms with Gasteiger partial charge in [0, 0.05) is 17.5 Å². The van der Waals surface area contributed by atoms with Crippen LogP contribution in [0, 0.1) is 13.8 Å². The van der Waals surface area contributed by atoms with Crippen molar-refractivity contribution in [2.24, 2.45) is 0 Å². The van der Waals surface area contributed by atoms with Crippen molar-refractivity contribution in [3.8, 4) is 5.82 Å². The van der Waals surface area contributed by atoms with Crippen molar-refractivity contribution in [1.82, 2.24) is 14.3 Å². The first-order valence-electron chi connectivity index (χ1n) is 6.41. The maximum atomic E-state index is 10.2. The highest BCUT2D eigenvalue weighted by Crippen LogP contribution is 2.24. The zero-order chi connectivity index (χ0) is 14.2. The summed E-state index contributed by atoms with van der Waals surface area (Å²) in [5.41, 5.74) is 1.89. The molecule has 5 nitrogen and oxygen atoms in total. The molecule has 0 aliphatic carbocycles. The molecule has 0 bridgehead atoms. The molecule has 2 N–H and O–H groups in total. The van der Waals surface area contributed by atoms with E-state index in [2.05, 4.69) is 5.10 Å². The molecule has 19 heavy (non-hydrogen) atoms. The Kier molecular flexibility index (Phi) is 3.52. The molecule has 0 aromatic carbocycles. The van der Waals surface area contributed by atoms with Crippen molar-refractivity contribution >= 4 is 0 Å². The van der Waals surface area contributed by atoms with E-state index in [-0.39, 0.29) is 6.61 Å². The first-order chi connectivity index (χ1) is 8.84. The fourth-order valence-electron chi connectivity index (χ4n) is 2.30. The summed E-state index contributed by atoms with van der Waals surface area (Å²) in [6.07, 6.45) is 0. The molecular weight excluding hydrogens is 242 g/mol. The minimum Gasteiger partial charge on any atom is -0.394 e. The molecule has 2 rings (SSSR count). The van der Waals surface area contributed by atoms with E-state index in [1.54, 1.807) is 18.5 Å². The lowest BCUT2D eigenvalue weighted by molar-refractivity contribution is 0.0670. The summed E-state index contributed by atoms with van der Waals surface area (Å²) < 4.78 is 3.69. The van der Waals surface area contributed by atoms with Gasteiger partial charge in [-0.3, -0.25) is 4.68 Å². The number of aryl methyl sites for hydroxylation is 2. The zero-order valence-corrected chi connectivity index (χ0v) is 11.9. The number of hydrogen-bond acceptors (Lipinski definition) is 3. The number of aliphatic hydroxyl groups is 2. The average Bonchev–Trinajstić information content (AvgIpc) is 2.83. The van der Waals surface area contributed by atoms with E-state index in [1.807, 2.05) is 36.6 Å². The summed E-state index contributed by atoms with van der Waals surface area (Å²) in [4.78, 5) is 0. The van der Waals surface area contributed by atoms with Gasteiger partial charge in [0.2, 0.25) is 0 Å². The molecule has 0 unspecified atom stereocenters. The highest BCUT2D eigenvalue weighted by Gasteiger charge is 2.23. The summed E-state index contributed by atoms with van der Waals surface area (Å²) in [6, 6.07) is 5.93. The molecule has 5 heteroatoms. The van der Waals surface area contributed by atoms with Gasteiger partial charge in [0.15, 0.2) is 5.82 Å². The third-order valence-electron chi connectivity index (χ3n) is 3.21. The van der Waals surface area contributed by atoms with Crippen LogP contribution in [0.4, 0.5) is 0 Å². The van der Waals surface area contributed by atoms with Crippen LogP contribution in [-0.4, -0.2) is 31.2 Å². The summed E-state index contributed by atoms with van der Waals surface area (Å²) >= 11 is 0. The van der Waals surface area contributed by atoms with Crippen LogP contribution in [0.2, 0.25) is 0 Å². The molecule has 0 radical (unpaired) electrons. The monoisotopic (exact) mass is 263 g/mol. The minimum atomic E-state index is -0.991. The third-order valence-corrected chi connectivity index (χ3v) is 3.21. The van der Waals surface area contributed by atoms with Gasteiger partial charge in [-0.2, -0.15) is 5.10 Å². The lowest BCUT2D eigenvalue weighted by atomic mass is 10.1. The van der Waals surface area contributed by atoms with E-state index in [9.17, 15) is 5.11 Å². The highest BCUT2D eigenvalue weighted by molar-refractivity contribution is 5.34. The van der Waals surface area contributed by atoms with Crippen LogP contribution < -0.4 is 0 Å². The Hall–Kier alpha value is -1.59. The van der Waals surface area contributed by atoms with Crippen LogP contribution in [0.15, 0.2) is 18.2 Å².